The summed E-state index contributed by atoms with van der Waals surface area (Å²) in [6, 6.07) is 22.9. The van der Waals surface area contributed by atoms with Crippen LogP contribution in [-0.2, 0) is 16.1 Å². The van der Waals surface area contributed by atoms with Crippen LogP contribution in [0.15, 0.2) is 84.6 Å². The number of aryl methyl sites for hydroxylation is 1. The molecule has 0 bridgehead atoms. The Labute approximate surface area is 174 Å². The van der Waals surface area contributed by atoms with Gasteiger partial charge in [0.2, 0.25) is 0 Å². The van der Waals surface area contributed by atoms with Gasteiger partial charge in [-0.1, -0.05) is 72.3 Å². The van der Waals surface area contributed by atoms with Crippen LogP contribution in [0, 0.1) is 12.7 Å². The van der Waals surface area contributed by atoms with Gasteiger partial charge in [0.25, 0.3) is 11.8 Å². The molecule has 0 radical (unpaired) electrons. The van der Waals surface area contributed by atoms with Crippen molar-refractivity contribution in [3.63, 3.8) is 0 Å². The molecule has 150 valence electrons. The molecule has 0 atom stereocenters. The van der Waals surface area contributed by atoms with E-state index in [0.29, 0.717) is 12.1 Å². The zero-order valence-electron chi connectivity index (χ0n) is 16.8. The van der Waals surface area contributed by atoms with Gasteiger partial charge in [-0.2, -0.15) is 0 Å². The number of imide groups is 1. The van der Waals surface area contributed by atoms with E-state index in [2.05, 4.69) is 0 Å². The van der Waals surface area contributed by atoms with Crippen molar-refractivity contribution in [3.05, 3.63) is 107 Å². The van der Waals surface area contributed by atoms with Gasteiger partial charge in [0, 0.05) is 13.6 Å². The summed E-state index contributed by atoms with van der Waals surface area (Å²) in [6.45, 7) is 2.39. The van der Waals surface area contributed by atoms with E-state index in [1.807, 2.05) is 61.5 Å². The van der Waals surface area contributed by atoms with Crippen LogP contribution in [0.3, 0.4) is 0 Å². The highest BCUT2D eigenvalue weighted by molar-refractivity contribution is 6.45. The number of anilines is 1. The fourth-order valence-electron chi connectivity index (χ4n) is 3.64. The monoisotopic (exact) mass is 400 g/mol. The van der Waals surface area contributed by atoms with Crippen molar-refractivity contribution in [2.24, 2.45) is 0 Å². The predicted octanol–water partition coefficient (Wildman–Crippen LogP) is 4.55. The molecule has 0 saturated carbocycles. The number of hydrogen-bond donors (Lipinski definition) is 0. The minimum absolute atomic E-state index is 0.0415. The molecule has 0 fully saturated rings. The Hall–Kier alpha value is -3.73. The van der Waals surface area contributed by atoms with E-state index in [9.17, 15) is 14.0 Å². The number of carbonyl (C=O) groups is 2. The van der Waals surface area contributed by atoms with E-state index in [-0.39, 0.29) is 17.0 Å². The SMILES string of the molecule is Cc1ccc(C2=C(N(C)Cc3ccccc3)C(=O)N(c3ccccc3F)C2=O)cc1. The minimum atomic E-state index is -0.616. The second kappa shape index (κ2) is 7.95. The molecule has 0 aromatic heterocycles. The van der Waals surface area contributed by atoms with Gasteiger partial charge < -0.3 is 4.90 Å². The summed E-state index contributed by atoms with van der Waals surface area (Å²) in [7, 11) is 1.77. The lowest BCUT2D eigenvalue weighted by molar-refractivity contribution is -0.120. The van der Waals surface area contributed by atoms with Crippen molar-refractivity contribution in [2.45, 2.75) is 13.5 Å². The molecule has 3 aromatic rings. The molecule has 1 heterocycles. The number of nitrogens with zero attached hydrogens (tertiary/aromatic N) is 2. The number of halogens is 1. The third-order valence-corrected chi connectivity index (χ3v) is 5.14. The zero-order valence-corrected chi connectivity index (χ0v) is 16.8. The molecule has 0 saturated heterocycles. The van der Waals surface area contributed by atoms with Crippen molar-refractivity contribution in [2.75, 3.05) is 11.9 Å². The Morgan fingerprint density at radius 2 is 1.47 bits per heavy atom. The van der Waals surface area contributed by atoms with Crippen LogP contribution in [0.1, 0.15) is 16.7 Å². The highest BCUT2D eigenvalue weighted by Crippen LogP contribution is 2.35. The molecular formula is C25H21FN2O2. The highest BCUT2D eigenvalue weighted by Gasteiger charge is 2.42. The fraction of sp³-hybridized carbons (Fsp3) is 0.120. The van der Waals surface area contributed by atoms with Gasteiger partial charge in [-0.25, -0.2) is 9.29 Å². The molecular weight excluding hydrogens is 379 g/mol. The Morgan fingerprint density at radius 3 is 2.13 bits per heavy atom. The van der Waals surface area contributed by atoms with Crippen LogP contribution in [0.25, 0.3) is 5.57 Å². The van der Waals surface area contributed by atoms with Crippen LogP contribution < -0.4 is 4.90 Å². The summed E-state index contributed by atoms with van der Waals surface area (Å²) in [4.78, 5) is 29.5. The molecule has 0 spiro atoms. The Balaban J connectivity index is 1.82. The second-order valence-corrected chi connectivity index (χ2v) is 7.33. The average molecular weight is 400 g/mol. The first-order chi connectivity index (χ1) is 14.5. The van der Waals surface area contributed by atoms with E-state index in [1.54, 1.807) is 18.0 Å². The number of hydrogen-bond acceptors (Lipinski definition) is 3. The number of rotatable bonds is 5. The van der Waals surface area contributed by atoms with Gasteiger partial charge in [0.05, 0.1) is 11.3 Å². The number of carbonyl (C=O) groups excluding carboxylic acids is 2. The molecule has 0 N–H and O–H groups in total. The number of para-hydroxylation sites is 1. The largest absolute Gasteiger partial charge is 0.365 e. The molecule has 5 heteroatoms. The van der Waals surface area contributed by atoms with Crippen molar-refractivity contribution < 1.29 is 14.0 Å². The van der Waals surface area contributed by atoms with Crippen molar-refractivity contribution in [1.82, 2.24) is 4.90 Å². The topological polar surface area (TPSA) is 40.6 Å². The highest BCUT2D eigenvalue weighted by atomic mass is 19.1. The summed E-state index contributed by atoms with van der Waals surface area (Å²) >= 11 is 0. The summed E-state index contributed by atoms with van der Waals surface area (Å²) in [6.07, 6.45) is 0. The zero-order chi connectivity index (χ0) is 21.3. The smallest absolute Gasteiger partial charge is 0.282 e. The first-order valence-electron chi connectivity index (χ1n) is 9.67. The number of benzene rings is 3. The maximum Gasteiger partial charge on any atom is 0.282 e. The first-order valence-corrected chi connectivity index (χ1v) is 9.67. The molecule has 3 aromatic carbocycles. The van der Waals surface area contributed by atoms with E-state index in [0.717, 1.165) is 16.0 Å². The first kappa shape index (κ1) is 19.6. The lowest BCUT2D eigenvalue weighted by atomic mass is 10.0. The summed E-state index contributed by atoms with van der Waals surface area (Å²) < 4.78 is 14.5. The summed E-state index contributed by atoms with van der Waals surface area (Å²) in [5.41, 5.74) is 3.17. The number of amides is 2. The van der Waals surface area contributed by atoms with Crippen LogP contribution in [0.2, 0.25) is 0 Å². The molecule has 2 amide bonds. The lowest BCUT2D eigenvalue weighted by Gasteiger charge is -2.21. The van der Waals surface area contributed by atoms with Crippen LogP contribution in [0.4, 0.5) is 10.1 Å². The fourth-order valence-corrected chi connectivity index (χ4v) is 3.64. The van der Waals surface area contributed by atoms with E-state index >= 15 is 0 Å². The van der Waals surface area contributed by atoms with Gasteiger partial charge in [0.1, 0.15) is 11.5 Å². The van der Waals surface area contributed by atoms with Gasteiger partial charge >= 0.3 is 0 Å². The molecule has 1 aliphatic rings. The molecule has 0 unspecified atom stereocenters. The third kappa shape index (κ3) is 3.50. The number of likely N-dealkylation sites (N-methyl/N-ethyl adjacent to an activating group) is 1. The van der Waals surface area contributed by atoms with Crippen LogP contribution in [0.5, 0.6) is 0 Å². The Kier molecular flexibility index (Phi) is 5.19. The van der Waals surface area contributed by atoms with E-state index < -0.39 is 17.6 Å². The maximum absolute atomic E-state index is 14.5. The van der Waals surface area contributed by atoms with Gasteiger partial charge in [0.15, 0.2) is 0 Å². The molecule has 4 rings (SSSR count). The summed E-state index contributed by atoms with van der Waals surface area (Å²) in [5, 5.41) is 0. The maximum atomic E-state index is 14.5. The Bertz CT molecular complexity index is 1140. The standard InChI is InChI=1S/C25H21FN2O2/c1-17-12-14-19(15-13-17)22-23(27(2)16-18-8-4-3-5-9-18)25(30)28(24(22)29)21-11-7-6-10-20(21)26/h3-15H,16H2,1-2H3. The average Bonchev–Trinajstić information content (AvgIpc) is 3.00. The molecule has 1 aliphatic heterocycles. The van der Waals surface area contributed by atoms with Crippen LogP contribution in [-0.4, -0.2) is 23.8 Å². The third-order valence-electron chi connectivity index (χ3n) is 5.14. The molecule has 30 heavy (non-hydrogen) atoms. The van der Waals surface area contributed by atoms with Crippen LogP contribution >= 0.6 is 0 Å². The van der Waals surface area contributed by atoms with Gasteiger partial charge in [-0.15, -0.1) is 0 Å². The minimum Gasteiger partial charge on any atom is -0.365 e. The molecule has 0 aliphatic carbocycles. The Morgan fingerprint density at radius 1 is 0.833 bits per heavy atom. The van der Waals surface area contributed by atoms with Gasteiger partial charge in [-0.3, -0.25) is 9.59 Å². The van der Waals surface area contributed by atoms with E-state index in [4.69, 9.17) is 0 Å². The van der Waals surface area contributed by atoms with Crippen molar-refractivity contribution in [3.8, 4) is 0 Å². The van der Waals surface area contributed by atoms with Crippen molar-refractivity contribution in [1.29, 1.82) is 0 Å². The second-order valence-electron chi connectivity index (χ2n) is 7.33. The predicted molar refractivity (Wildman–Crippen MR) is 115 cm³/mol. The van der Waals surface area contributed by atoms with Gasteiger partial charge in [-0.05, 0) is 30.2 Å². The summed E-state index contributed by atoms with van der Waals surface area (Å²) in [5.74, 6) is -1.67. The molecule has 4 nitrogen and oxygen atoms in total. The quantitative estimate of drug-likeness (QED) is 0.590. The van der Waals surface area contributed by atoms with E-state index in [1.165, 1.54) is 18.2 Å². The lowest BCUT2D eigenvalue weighted by Crippen LogP contribution is -2.34. The van der Waals surface area contributed by atoms with Crippen molar-refractivity contribution >= 4 is 23.1 Å². The normalized spacial score (nSPS) is 13.9.